The van der Waals surface area contributed by atoms with Gasteiger partial charge in [-0.25, -0.2) is 26.6 Å². The molecule has 0 aliphatic carbocycles. The smallest absolute Gasteiger partial charge is 0.211 e. The van der Waals surface area contributed by atoms with E-state index in [4.69, 9.17) is 11.6 Å². The van der Waals surface area contributed by atoms with Gasteiger partial charge in [0.1, 0.15) is 10.7 Å². The van der Waals surface area contributed by atoms with Crippen molar-refractivity contribution in [1.29, 1.82) is 0 Å². The van der Waals surface area contributed by atoms with Gasteiger partial charge in [-0.05, 0) is 38.3 Å². The summed E-state index contributed by atoms with van der Waals surface area (Å²) in [6.45, 7) is 4.55. The number of rotatable bonds is 4. The zero-order chi connectivity index (χ0) is 19.2. The molecule has 0 aromatic carbocycles. The minimum atomic E-state index is -3.22. The summed E-state index contributed by atoms with van der Waals surface area (Å²) < 4.78 is 40.3. The van der Waals surface area contributed by atoms with Gasteiger partial charge in [-0.3, -0.25) is 0 Å². The molecule has 1 aliphatic rings. The second-order valence-corrected chi connectivity index (χ2v) is 9.25. The summed E-state index contributed by atoms with van der Waals surface area (Å²) in [5.74, 6) is 0.727. The molecule has 0 amide bonds. The Morgan fingerprint density at radius 1 is 1.38 bits per heavy atom. The molecule has 1 saturated heterocycles. The molecule has 1 unspecified atom stereocenters. The highest BCUT2D eigenvalue weighted by molar-refractivity contribution is 7.88. The van der Waals surface area contributed by atoms with E-state index in [9.17, 15) is 12.8 Å². The van der Waals surface area contributed by atoms with E-state index in [1.54, 1.807) is 13.1 Å². The lowest BCUT2D eigenvalue weighted by Gasteiger charge is -2.36. The molecule has 0 radical (unpaired) electrons. The Labute approximate surface area is 157 Å². The highest BCUT2D eigenvalue weighted by Crippen LogP contribution is 2.31. The second-order valence-electron chi connectivity index (χ2n) is 6.82. The van der Waals surface area contributed by atoms with Crippen molar-refractivity contribution < 1.29 is 12.8 Å². The molecule has 1 atom stereocenters. The summed E-state index contributed by atoms with van der Waals surface area (Å²) in [5, 5.41) is 4.62. The number of fused-ring (bicyclic) bond motifs is 1. The standard InChI is InChI=1S/C16H23ClFN5O2S/c1-10-9-13(17)23-14(10)16(19-15(20-23)11(2)18)22-7-5-12(6-8-22)21(3)26(4,24)25/h9,11-12H,5-8H2,1-4H3. The maximum absolute atomic E-state index is 13.9. The van der Waals surface area contributed by atoms with Gasteiger partial charge < -0.3 is 4.90 Å². The summed E-state index contributed by atoms with van der Waals surface area (Å²) in [5.41, 5.74) is 1.67. The van der Waals surface area contributed by atoms with Crippen molar-refractivity contribution in [3.8, 4) is 0 Å². The van der Waals surface area contributed by atoms with Crippen LogP contribution in [0.2, 0.25) is 5.15 Å². The number of halogens is 2. The molecule has 144 valence electrons. The number of alkyl halides is 1. The molecule has 2 aromatic rings. The molecule has 0 N–H and O–H groups in total. The summed E-state index contributed by atoms with van der Waals surface area (Å²) in [6.07, 6.45) is 1.25. The van der Waals surface area contributed by atoms with E-state index >= 15 is 0 Å². The van der Waals surface area contributed by atoms with Crippen molar-refractivity contribution in [2.45, 2.75) is 38.9 Å². The molecule has 1 aliphatic heterocycles. The van der Waals surface area contributed by atoms with E-state index in [1.807, 2.05) is 6.92 Å². The van der Waals surface area contributed by atoms with E-state index in [-0.39, 0.29) is 11.9 Å². The predicted octanol–water partition coefficient (Wildman–Crippen LogP) is 2.58. The fourth-order valence-corrected chi connectivity index (χ4v) is 4.38. The van der Waals surface area contributed by atoms with Crippen LogP contribution in [-0.2, 0) is 10.0 Å². The van der Waals surface area contributed by atoms with E-state index in [2.05, 4.69) is 15.0 Å². The van der Waals surface area contributed by atoms with Crippen LogP contribution in [0, 0.1) is 6.92 Å². The molecule has 0 bridgehead atoms. The van der Waals surface area contributed by atoms with Crippen LogP contribution in [0.3, 0.4) is 0 Å². The van der Waals surface area contributed by atoms with Crippen molar-refractivity contribution >= 4 is 33.0 Å². The number of sulfonamides is 1. The third kappa shape index (κ3) is 3.52. The molecule has 0 spiro atoms. The van der Waals surface area contributed by atoms with Gasteiger partial charge in [-0.15, -0.1) is 5.10 Å². The second kappa shape index (κ2) is 6.94. The Balaban J connectivity index is 1.94. The van der Waals surface area contributed by atoms with Crippen molar-refractivity contribution in [3.05, 3.63) is 22.6 Å². The highest BCUT2D eigenvalue weighted by atomic mass is 35.5. The maximum Gasteiger partial charge on any atom is 0.211 e. The fourth-order valence-electron chi connectivity index (χ4n) is 3.34. The molecule has 3 heterocycles. The molecule has 10 heteroatoms. The minimum absolute atomic E-state index is 0.0462. The van der Waals surface area contributed by atoms with Crippen LogP contribution >= 0.6 is 11.6 Å². The molecule has 2 aromatic heterocycles. The average Bonchev–Trinajstić information content (AvgIpc) is 2.87. The van der Waals surface area contributed by atoms with Crippen LogP contribution in [0.15, 0.2) is 6.07 Å². The van der Waals surface area contributed by atoms with Crippen molar-refractivity contribution in [3.63, 3.8) is 0 Å². The van der Waals surface area contributed by atoms with Crippen LogP contribution < -0.4 is 4.90 Å². The van der Waals surface area contributed by atoms with Gasteiger partial charge in [-0.1, -0.05) is 11.6 Å². The Bertz CT molecular complexity index is 922. The zero-order valence-corrected chi connectivity index (χ0v) is 16.8. The van der Waals surface area contributed by atoms with Gasteiger partial charge in [0.05, 0.1) is 6.26 Å². The molecule has 7 nitrogen and oxygen atoms in total. The molecule has 1 fully saturated rings. The van der Waals surface area contributed by atoms with Crippen molar-refractivity contribution in [1.82, 2.24) is 18.9 Å². The highest BCUT2D eigenvalue weighted by Gasteiger charge is 2.29. The number of hydrogen-bond donors (Lipinski definition) is 0. The third-order valence-electron chi connectivity index (χ3n) is 4.92. The first-order valence-electron chi connectivity index (χ1n) is 8.47. The molecular formula is C16H23ClFN5O2S. The SMILES string of the molecule is Cc1cc(Cl)n2nc(C(C)F)nc(N3CCC(N(C)S(C)(=O)=O)CC3)c12. The van der Waals surface area contributed by atoms with Crippen LogP contribution in [0.4, 0.5) is 10.2 Å². The summed E-state index contributed by atoms with van der Waals surface area (Å²) in [6, 6.07) is 1.74. The Morgan fingerprint density at radius 3 is 2.54 bits per heavy atom. The number of nitrogens with zero attached hydrogens (tertiary/aromatic N) is 5. The molecule has 26 heavy (non-hydrogen) atoms. The van der Waals surface area contributed by atoms with Gasteiger partial charge >= 0.3 is 0 Å². The number of aryl methyl sites for hydroxylation is 1. The van der Waals surface area contributed by atoms with Crippen LogP contribution in [0.25, 0.3) is 5.52 Å². The first kappa shape index (κ1) is 19.3. The lowest BCUT2D eigenvalue weighted by Crippen LogP contribution is -2.45. The normalized spacial score (nSPS) is 18.0. The summed E-state index contributed by atoms with van der Waals surface area (Å²) >= 11 is 6.24. The Hall–Kier alpha value is -1.45. The number of anilines is 1. The maximum atomic E-state index is 13.9. The van der Waals surface area contributed by atoms with Crippen LogP contribution in [0.5, 0.6) is 0 Å². The first-order chi connectivity index (χ1) is 12.1. The molecular weight excluding hydrogens is 381 g/mol. The van der Waals surface area contributed by atoms with Crippen molar-refractivity contribution in [2.24, 2.45) is 0 Å². The summed E-state index contributed by atoms with van der Waals surface area (Å²) in [4.78, 5) is 6.50. The third-order valence-corrected chi connectivity index (χ3v) is 6.53. The molecule has 3 rings (SSSR count). The quantitative estimate of drug-likeness (QED) is 0.784. The number of piperidine rings is 1. The lowest BCUT2D eigenvalue weighted by atomic mass is 10.1. The van der Waals surface area contributed by atoms with Gasteiger partial charge in [0.25, 0.3) is 0 Å². The van der Waals surface area contributed by atoms with E-state index in [0.29, 0.717) is 36.9 Å². The first-order valence-corrected chi connectivity index (χ1v) is 10.7. The Morgan fingerprint density at radius 2 is 2.00 bits per heavy atom. The fraction of sp³-hybridized carbons (Fsp3) is 0.625. The Kier molecular flexibility index (Phi) is 5.15. The summed E-state index contributed by atoms with van der Waals surface area (Å²) in [7, 11) is -1.61. The van der Waals surface area contributed by atoms with Crippen LogP contribution in [-0.4, -0.2) is 59.8 Å². The van der Waals surface area contributed by atoms with Gasteiger partial charge in [-0.2, -0.15) is 0 Å². The number of aromatic nitrogens is 3. The van der Waals surface area contributed by atoms with Gasteiger partial charge in [0, 0.05) is 26.2 Å². The van der Waals surface area contributed by atoms with Crippen LogP contribution in [0.1, 0.15) is 37.3 Å². The zero-order valence-electron chi connectivity index (χ0n) is 15.3. The van der Waals surface area contributed by atoms with Gasteiger partial charge in [0.2, 0.25) is 10.0 Å². The van der Waals surface area contributed by atoms with Crippen molar-refractivity contribution in [2.75, 3.05) is 31.3 Å². The predicted molar refractivity (Wildman–Crippen MR) is 100 cm³/mol. The number of hydrogen-bond acceptors (Lipinski definition) is 5. The average molecular weight is 404 g/mol. The van der Waals surface area contributed by atoms with E-state index in [0.717, 1.165) is 11.1 Å². The van der Waals surface area contributed by atoms with E-state index < -0.39 is 16.2 Å². The minimum Gasteiger partial charge on any atom is -0.355 e. The van der Waals surface area contributed by atoms with Gasteiger partial charge in [0.15, 0.2) is 17.8 Å². The molecule has 0 saturated carbocycles. The van der Waals surface area contributed by atoms with E-state index in [1.165, 1.54) is 22.0 Å². The monoisotopic (exact) mass is 403 g/mol. The largest absolute Gasteiger partial charge is 0.355 e. The topological polar surface area (TPSA) is 70.8 Å². The lowest BCUT2D eigenvalue weighted by molar-refractivity contribution is 0.312.